The van der Waals surface area contributed by atoms with E-state index in [1.165, 1.54) is 18.7 Å². The summed E-state index contributed by atoms with van der Waals surface area (Å²) < 4.78 is 19.2. The number of benzene rings is 2. The van der Waals surface area contributed by atoms with E-state index in [1.807, 2.05) is 29.2 Å². The second-order valence-corrected chi connectivity index (χ2v) is 10.3. The fourth-order valence-corrected chi connectivity index (χ4v) is 6.43. The molecule has 1 saturated heterocycles. The maximum Gasteiger partial charge on any atom is 0.305 e. The Morgan fingerprint density at radius 2 is 1.80 bits per heavy atom. The standard InChI is InChI=1S/C30H38FNO3/c1-35-29(34)21-24-11-7-14-27(24)30(25-12-6-13-26(31)20-25)23-16-18-32(19-17-23)28(33)15-5-10-22-8-3-2-4-9-22/h2-4,6,8-9,12-13,20,23-24,27,30H,5,7,10-11,14-19,21H2,1H3/t24-,27+,30?/m1/s1. The highest BCUT2D eigenvalue weighted by Gasteiger charge is 2.40. The normalized spacial score (nSPS) is 21.6. The van der Waals surface area contributed by atoms with Gasteiger partial charge in [-0.1, -0.05) is 48.9 Å². The number of rotatable bonds is 9. The Hall–Kier alpha value is -2.69. The van der Waals surface area contributed by atoms with E-state index in [0.29, 0.717) is 24.7 Å². The topological polar surface area (TPSA) is 46.6 Å². The van der Waals surface area contributed by atoms with Crippen LogP contribution in [-0.2, 0) is 20.7 Å². The number of hydrogen-bond donors (Lipinski definition) is 0. The molecule has 3 atom stereocenters. The van der Waals surface area contributed by atoms with Gasteiger partial charge >= 0.3 is 5.97 Å². The Kier molecular flexibility index (Phi) is 8.95. The molecule has 1 aliphatic carbocycles. The summed E-state index contributed by atoms with van der Waals surface area (Å²) in [7, 11) is 1.45. The van der Waals surface area contributed by atoms with Crippen LogP contribution in [0.3, 0.4) is 0 Å². The molecule has 1 amide bonds. The quantitative estimate of drug-likeness (QED) is 0.405. The zero-order valence-corrected chi connectivity index (χ0v) is 20.8. The summed E-state index contributed by atoms with van der Waals surface area (Å²) in [5, 5.41) is 0. The summed E-state index contributed by atoms with van der Waals surface area (Å²) in [6.07, 6.45) is 7.82. The van der Waals surface area contributed by atoms with Crippen molar-refractivity contribution < 1.29 is 18.7 Å². The van der Waals surface area contributed by atoms with Crippen LogP contribution >= 0.6 is 0 Å². The molecule has 1 heterocycles. The smallest absolute Gasteiger partial charge is 0.305 e. The van der Waals surface area contributed by atoms with E-state index < -0.39 is 0 Å². The largest absolute Gasteiger partial charge is 0.469 e. The minimum Gasteiger partial charge on any atom is -0.469 e. The van der Waals surface area contributed by atoms with Gasteiger partial charge in [0.05, 0.1) is 7.11 Å². The van der Waals surface area contributed by atoms with E-state index in [0.717, 1.165) is 63.6 Å². The van der Waals surface area contributed by atoms with Gasteiger partial charge in [-0.3, -0.25) is 9.59 Å². The molecule has 2 aromatic carbocycles. The van der Waals surface area contributed by atoms with E-state index in [-0.39, 0.29) is 29.5 Å². The molecule has 4 rings (SSSR count). The summed E-state index contributed by atoms with van der Waals surface area (Å²) in [5.74, 6) is 1.08. The molecular formula is C30H38FNO3. The SMILES string of the molecule is COC(=O)C[C@H]1CCC[C@@H]1C(c1cccc(F)c1)C1CCN(C(=O)CCCc2ccccc2)CC1. The molecule has 2 aromatic rings. The van der Waals surface area contributed by atoms with Crippen LogP contribution < -0.4 is 0 Å². The van der Waals surface area contributed by atoms with Crippen molar-refractivity contribution in [1.82, 2.24) is 4.90 Å². The van der Waals surface area contributed by atoms with Gasteiger partial charge in [-0.2, -0.15) is 0 Å². The Morgan fingerprint density at radius 1 is 1.03 bits per heavy atom. The van der Waals surface area contributed by atoms with Crippen molar-refractivity contribution in [3.63, 3.8) is 0 Å². The highest BCUT2D eigenvalue weighted by molar-refractivity contribution is 5.76. The third kappa shape index (κ3) is 6.71. The molecule has 188 valence electrons. The average Bonchev–Trinajstić information content (AvgIpc) is 3.32. The fourth-order valence-electron chi connectivity index (χ4n) is 6.43. The third-order valence-corrected chi connectivity index (χ3v) is 8.17. The lowest BCUT2D eigenvalue weighted by Crippen LogP contribution is -2.41. The number of aryl methyl sites for hydroxylation is 1. The third-order valence-electron chi connectivity index (χ3n) is 8.17. The molecule has 5 heteroatoms. The van der Waals surface area contributed by atoms with Crippen molar-refractivity contribution in [2.75, 3.05) is 20.2 Å². The first-order chi connectivity index (χ1) is 17.0. The van der Waals surface area contributed by atoms with Gasteiger partial charge in [0.25, 0.3) is 0 Å². The summed E-state index contributed by atoms with van der Waals surface area (Å²) in [6, 6.07) is 17.3. The second-order valence-electron chi connectivity index (χ2n) is 10.3. The maximum atomic E-state index is 14.2. The predicted molar refractivity (Wildman–Crippen MR) is 135 cm³/mol. The minimum absolute atomic E-state index is 0.157. The number of methoxy groups -OCH3 is 1. The molecule has 1 saturated carbocycles. The molecule has 1 aliphatic heterocycles. The van der Waals surface area contributed by atoms with Crippen molar-refractivity contribution >= 4 is 11.9 Å². The lowest BCUT2D eigenvalue weighted by atomic mass is 9.69. The molecule has 0 aromatic heterocycles. The van der Waals surface area contributed by atoms with Crippen LogP contribution in [0.1, 0.15) is 68.4 Å². The first kappa shape index (κ1) is 25.4. The van der Waals surface area contributed by atoms with Crippen molar-refractivity contribution in [1.29, 1.82) is 0 Å². The first-order valence-corrected chi connectivity index (χ1v) is 13.2. The molecule has 0 N–H and O–H groups in total. The van der Waals surface area contributed by atoms with Crippen LogP contribution in [0.4, 0.5) is 4.39 Å². The number of amides is 1. The minimum atomic E-state index is -0.207. The average molecular weight is 480 g/mol. The molecule has 2 aliphatic rings. The van der Waals surface area contributed by atoms with Gasteiger partial charge in [0, 0.05) is 25.9 Å². The molecular weight excluding hydrogens is 441 g/mol. The molecule has 0 bridgehead atoms. The second kappa shape index (κ2) is 12.3. The summed E-state index contributed by atoms with van der Waals surface area (Å²) >= 11 is 0. The van der Waals surface area contributed by atoms with Crippen LogP contribution in [0, 0.1) is 23.6 Å². The Morgan fingerprint density at radius 3 is 2.51 bits per heavy atom. The van der Waals surface area contributed by atoms with Crippen molar-refractivity contribution in [2.24, 2.45) is 17.8 Å². The van der Waals surface area contributed by atoms with E-state index in [1.54, 1.807) is 12.1 Å². The van der Waals surface area contributed by atoms with Crippen LogP contribution in [0.2, 0.25) is 0 Å². The number of likely N-dealkylation sites (tertiary alicyclic amines) is 1. The van der Waals surface area contributed by atoms with Crippen LogP contribution in [0.15, 0.2) is 54.6 Å². The predicted octanol–water partition coefficient (Wildman–Crippen LogP) is 6.15. The molecule has 4 nitrogen and oxygen atoms in total. The monoisotopic (exact) mass is 479 g/mol. The number of esters is 1. The maximum absolute atomic E-state index is 14.2. The van der Waals surface area contributed by atoms with Gasteiger partial charge in [0.15, 0.2) is 0 Å². The van der Waals surface area contributed by atoms with E-state index >= 15 is 0 Å². The number of nitrogens with zero attached hydrogens (tertiary/aromatic N) is 1. The number of carbonyl (C=O) groups is 2. The Bertz CT molecular complexity index is 971. The van der Waals surface area contributed by atoms with Gasteiger partial charge < -0.3 is 9.64 Å². The van der Waals surface area contributed by atoms with Gasteiger partial charge in [0.1, 0.15) is 5.82 Å². The Balaban J connectivity index is 1.39. The van der Waals surface area contributed by atoms with E-state index in [4.69, 9.17) is 4.74 Å². The highest BCUT2D eigenvalue weighted by Crippen LogP contribution is 2.49. The van der Waals surface area contributed by atoms with Crippen molar-refractivity contribution in [3.05, 3.63) is 71.5 Å². The number of ether oxygens (including phenoxy) is 1. The van der Waals surface area contributed by atoms with Crippen molar-refractivity contribution in [3.8, 4) is 0 Å². The van der Waals surface area contributed by atoms with Gasteiger partial charge in [0.2, 0.25) is 5.91 Å². The van der Waals surface area contributed by atoms with Crippen LogP contribution in [0.5, 0.6) is 0 Å². The molecule has 0 spiro atoms. The molecule has 2 fully saturated rings. The highest BCUT2D eigenvalue weighted by atomic mass is 19.1. The molecule has 0 radical (unpaired) electrons. The van der Waals surface area contributed by atoms with Crippen LogP contribution in [0.25, 0.3) is 0 Å². The number of halogens is 1. The lowest BCUT2D eigenvalue weighted by molar-refractivity contribution is -0.142. The summed E-state index contributed by atoms with van der Waals surface area (Å²) in [6.45, 7) is 1.52. The zero-order valence-electron chi connectivity index (χ0n) is 20.8. The zero-order chi connectivity index (χ0) is 24.6. The van der Waals surface area contributed by atoms with Crippen LogP contribution in [-0.4, -0.2) is 37.0 Å². The molecule has 1 unspecified atom stereocenters. The fraction of sp³-hybridized carbons (Fsp3) is 0.533. The number of piperidine rings is 1. The number of carbonyl (C=O) groups excluding carboxylic acids is 2. The Labute approximate surface area is 208 Å². The van der Waals surface area contributed by atoms with E-state index in [2.05, 4.69) is 12.1 Å². The first-order valence-electron chi connectivity index (χ1n) is 13.2. The van der Waals surface area contributed by atoms with Gasteiger partial charge in [-0.05, 0) is 85.5 Å². The van der Waals surface area contributed by atoms with Crippen molar-refractivity contribution in [2.45, 2.75) is 63.7 Å². The van der Waals surface area contributed by atoms with E-state index in [9.17, 15) is 14.0 Å². The molecule has 35 heavy (non-hydrogen) atoms. The van der Waals surface area contributed by atoms with Gasteiger partial charge in [-0.25, -0.2) is 4.39 Å². The summed E-state index contributed by atoms with van der Waals surface area (Å²) in [5.41, 5.74) is 2.31. The lowest BCUT2D eigenvalue weighted by Gasteiger charge is -2.40. The number of hydrogen-bond acceptors (Lipinski definition) is 3. The van der Waals surface area contributed by atoms with Gasteiger partial charge in [-0.15, -0.1) is 0 Å². The summed E-state index contributed by atoms with van der Waals surface area (Å²) in [4.78, 5) is 27.0.